The number of benzene rings is 11. The summed E-state index contributed by atoms with van der Waals surface area (Å²) in [6, 6.07) is 98.5. The molecule has 11 aromatic rings. The van der Waals surface area contributed by atoms with Gasteiger partial charge in [-0.05, 0) is 74.7 Å². The van der Waals surface area contributed by atoms with Crippen molar-refractivity contribution in [3.63, 3.8) is 0 Å². The maximum Gasteiger partial charge on any atom is 0.303 e. The van der Waals surface area contributed by atoms with Gasteiger partial charge >= 0.3 is 23.9 Å². The van der Waals surface area contributed by atoms with Gasteiger partial charge in [0.25, 0.3) is 11.8 Å². The third-order valence-corrected chi connectivity index (χ3v) is 25.9. The molecule has 147 heavy (non-hydrogen) atoms. The van der Waals surface area contributed by atoms with Crippen LogP contribution in [0.4, 0.5) is 0 Å². The molecular weight excluding hydrogens is 1890 g/mol. The molecule has 5 fully saturated rings. The predicted octanol–water partition coefficient (Wildman–Crippen LogP) is 14.9. The number of esters is 4. The molecule has 0 aliphatic carbocycles. The Labute approximate surface area is 853 Å². The number of imide groups is 1. The van der Waals surface area contributed by atoms with E-state index in [1.165, 1.54) is 12.1 Å². The summed E-state index contributed by atoms with van der Waals surface area (Å²) in [7, 11) is 0. The van der Waals surface area contributed by atoms with Crippen molar-refractivity contribution in [2.45, 2.75) is 254 Å². The number of carbonyl (C=O) groups excluding carboxylic acids is 6. The van der Waals surface area contributed by atoms with Crippen LogP contribution in [-0.4, -0.2) is 226 Å². The summed E-state index contributed by atoms with van der Waals surface area (Å²) in [6.45, 7) is 3.91. The van der Waals surface area contributed by atoms with Gasteiger partial charge in [0, 0.05) is 27.7 Å². The zero-order valence-electron chi connectivity index (χ0n) is 82.2. The fourth-order valence-electron chi connectivity index (χ4n) is 18.9. The molecule has 5 saturated heterocycles. The van der Waals surface area contributed by atoms with Crippen LogP contribution in [0.5, 0.6) is 0 Å². The first kappa shape index (κ1) is 106. The molecule has 1 N–H and O–H groups in total. The van der Waals surface area contributed by atoms with Crippen LogP contribution >= 0.6 is 0 Å². The molecule has 6 heterocycles. The van der Waals surface area contributed by atoms with Crippen LogP contribution in [0.15, 0.2) is 328 Å². The maximum absolute atomic E-state index is 16.8. The lowest BCUT2D eigenvalue weighted by molar-refractivity contribution is -0.402. The molecular formula is C116H123NO30. The van der Waals surface area contributed by atoms with Crippen LogP contribution in [0.3, 0.4) is 0 Å². The van der Waals surface area contributed by atoms with E-state index in [0.29, 0.717) is 16.7 Å². The van der Waals surface area contributed by atoms with Gasteiger partial charge in [-0.1, -0.05) is 315 Å². The van der Waals surface area contributed by atoms with Crippen molar-refractivity contribution in [1.82, 2.24) is 4.90 Å². The molecule has 0 unspecified atom stereocenters. The quantitative estimate of drug-likeness (QED) is 0.0210. The number of fused-ring (bicyclic) bond motifs is 1. The summed E-state index contributed by atoms with van der Waals surface area (Å²) in [5, 5.41) is 14.3. The van der Waals surface area contributed by atoms with Crippen molar-refractivity contribution in [2.24, 2.45) is 0 Å². The minimum Gasteiger partial charge on any atom is -0.463 e. The minimum atomic E-state index is -2.15. The highest BCUT2D eigenvalue weighted by molar-refractivity contribution is 6.21. The Morgan fingerprint density at radius 3 is 0.905 bits per heavy atom. The molecule has 0 aromatic heterocycles. The number of hydrogen-bond acceptors (Lipinski definition) is 30. The Balaban J connectivity index is 0.868. The third kappa shape index (κ3) is 28.6. The average Bonchev–Trinajstić information content (AvgIpc) is 1.64. The Morgan fingerprint density at radius 1 is 0.252 bits per heavy atom. The van der Waals surface area contributed by atoms with Gasteiger partial charge in [0.05, 0.1) is 103 Å². The SMILES string of the molecule is CC(=O)OC[C@H]1O[C@@H](O[C@H]2[C@H](O[C@@H]3O[C@@H](C)[C@@H](OCc4ccccc4)[C@@H](OCc4ccccc4)[C@@H]3OCc3ccccc3)[C@@H](N3C(=O)c4ccccc4C3=O)[C@H](O[C@H]3[C@@H](O)[C@@H](COCc4ccccc4)O[C@@H](O[C@H]4[C@H](OCc5ccccc5)[C@@H](OCc5ccccc5)[C@H](OCc5ccccc5)O[C@@H]4COCc4ccccc4)[C@@H]3OCc3ccccc3)O[C@@H]2COCc2ccccc2)[C@H](OC(C)=O)[C@@H](OC(C)=O)[C@H]1OC(C)=O. The number of rotatable bonds is 47. The third-order valence-electron chi connectivity index (χ3n) is 25.9. The van der Waals surface area contributed by atoms with Gasteiger partial charge in [0.15, 0.2) is 49.8 Å². The van der Waals surface area contributed by atoms with E-state index in [1.807, 2.05) is 303 Å². The van der Waals surface area contributed by atoms with E-state index in [2.05, 4.69) is 0 Å². The second-order valence-electron chi connectivity index (χ2n) is 36.7. The molecule has 17 rings (SSSR count). The molecule has 2 amide bonds. The molecule has 31 nitrogen and oxygen atoms in total. The van der Waals surface area contributed by atoms with Crippen LogP contribution in [0.1, 0.15) is 111 Å². The summed E-state index contributed by atoms with van der Waals surface area (Å²) < 4.78 is 163. The van der Waals surface area contributed by atoms with Crippen LogP contribution in [0.25, 0.3) is 0 Å². The van der Waals surface area contributed by atoms with Gasteiger partial charge in [-0.2, -0.15) is 0 Å². The molecule has 31 heteroatoms. The van der Waals surface area contributed by atoms with E-state index in [1.54, 1.807) is 19.1 Å². The number of aliphatic hydroxyl groups excluding tert-OH is 1. The monoisotopic (exact) mass is 2010 g/mol. The number of ether oxygens (including phenoxy) is 23. The summed E-state index contributed by atoms with van der Waals surface area (Å²) in [5.74, 6) is -5.54. The van der Waals surface area contributed by atoms with Gasteiger partial charge < -0.3 is 114 Å². The summed E-state index contributed by atoms with van der Waals surface area (Å²) in [5.41, 5.74) is 7.40. The van der Waals surface area contributed by atoms with Crippen molar-refractivity contribution < 1.29 is 143 Å². The first-order chi connectivity index (χ1) is 71.9. The van der Waals surface area contributed by atoms with E-state index in [0.717, 1.165) is 71.5 Å². The largest absolute Gasteiger partial charge is 0.463 e. The van der Waals surface area contributed by atoms with Crippen molar-refractivity contribution in [2.75, 3.05) is 26.4 Å². The Bertz CT molecular complexity index is 5870. The molecule has 0 spiro atoms. The second-order valence-corrected chi connectivity index (χ2v) is 36.7. The molecule has 11 aromatic carbocycles. The van der Waals surface area contributed by atoms with E-state index in [4.69, 9.17) is 109 Å². The Kier molecular flexibility index (Phi) is 38.2. The molecule has 772 valence electrons. The van der Waals surface area contributed by atoms with Gasteiger partial charge in [-0.25, -0.2) is 0 Å². The number of amides is 2. The smallest absolute Gasteiger partial charge is 0.303 e. The number of aliphatic hydroxyl groups is 1. The van der Waals surface area contributed by atoms with Crippen molar-refractivity contribution >= 4 is 35.7 Å². The summed E-state index contributed by atoms with van der Waals surface area (Å²) in [4.78, 5) is 89.2. The standard InChI is InChI=1S/C116H123NO30/c1-74-97(129-63-82-44-22-9-23-45-82)103(130-64-83-46-24-10-25-47-83)108(134-68-87-54-32-14-33-55-87)114(136-74)146-101-95(117-110(123)89-58-36-37-59-90(89)111(117)124)112(141-92(71-126-61-80-40-18-7-19-41-80)98(101)144-116-109(139-78(5)121)105(138-77(4)120)100(137-76(3)119)94(143-116)73-128-75(2)118)147-102-96(122)91(70-125-60-79-38-16-6-17-39-79)140-115(106(102)132-66-85-50-28-12-29-51-85)145-99-93(72-127-62-81-42-20-8-21-43-81)142-113(135-69-88-56-34-15-35-57-88)107(133-67-86-52-30-13-31-53-86)104(99)131-65-84-48-26-11-27-49-84/h6-59,74,91-109,112-116,122H,60-73H2,1-5H3/t74-,91+,92+,93+,94+,95+,96-,97+,98+,99+,100-,101+,102-,103+,104-,105-,106+,107+,108-,109+,112-,113+,114-,115-,116-/m0/s1. The zero-order chi connectivity index (χ0) is 102. The van der Waals surface area contributed by atoms with Gasteiger partial charge in [0.1, 0.15) is 104 Å². The first-order valence-electron chi connectivity index (χ1n) is 49.5. The van der Waals surface area contributed by atoms with Crippen LogP contribution < -0.4 is 0 Å². The van der Waals surface area contributed by atoms with E-state index >= 15 is 9.59 Å². The topological polar surface area (TPSA) is 338 Å². The lowest BCUT2D eigenvalue weighted by Crippen LogP contribution is -2.72. The maximum atomic E-state index is 16.8. The minimum absolute atomic E-state index is 0.00989. The Hall–Kier alpha value is -12.4. The van der Waals surface area contributed by atoms with Gasteiger partial charge in [0.2, 0.25) is 0 Å². The lowest BCUT2D eigenvalue weighted by Gasteiger charge is -2.54. The normalized spacial score (nSPS) is 27.5. The fraction of sp³-hybridized carbons (Fsp3) is 0.379. The number of hydrogen-bond donors (Lipinski definition) is 1. The second kappa shape index (κ2) is 53.0. The number of carbonyl (C=O) groups is 6. The Morgan fingerprint density at radius 2 is 0.517 bits per heavy atom. The lowest BCUT2D eigenvalue weighted by atomic mass is 9.92. The van der Waals surface area contributed by atoms with Crippen molar-refractivity contribution in [3.8, 4) is 0 Å². The van der Waals surface area contributed by atoms with E-state index < -0.39 is 209 Å². The highest BCUT2D eigenvalue weighted by Crippen LogP contribution is 2.45. The molecule has 0 radical (unpaired) electrons. The van der Waals surface area contributed by atoms with Crippen molar-refractivity contribution in [3.05, 3.63) is 394 Å². The van der Waals surface area contributed by atoms with Gasteiger partial charge in [-0.15, -0.1) is 0 Å². The van der Waals surface area contributed by atoms with Crippen LogP contribution in [0.2, 0.25) is 0 Å². The van der Waals surface area contributed by atoms with Crippen molar-refractivity contribution in [1.29, 1.82) is 0 Å². The summed E-state index contributed by atoms with van der Waals surface area (Å²) >= 11 is 0. The zero-order valence-corrected chi connectivity index (χ0v) is 82.2. The molecule has 0 bridgehead atoms. The van der Waals surface area contributed by atoms with Gasteiger partial charge in [-0.3, -0.25) is 33.7 Å². The molecule has 25 atom stereocenters. The number of nitrogens with zero attached hydrogens (tertiary/aromatic N) is 1. The summed E-state index contributed by atoms with van der Waals surface area (Å²) in [6.07, 6.45) is -38.4. The molecule has 6 aliphatic rings. The van der Waals surface area contributed by atoms with E-state index in [-0.39, 0.29) is 83.8 Å². The highest BCUT2D eigenvalue weighted by Gasteiger charge is 2.64. The molecule has 6 aliphatic heterocycles. The first-order valence-corrected chi connectivity index (χ1v) is 49.5. The average molecular weight is 2010 g/mol. The van der Waals surface area contributed by atoms with E-state index in [9.17, 15) is 24.3 Å². The van der Waals surface area contributed by atoms with Crippen LogP contribution in [0, 0.1) is 0 Å². The molecule has 0 saturated carbocycles. The fourth-order valence-corrected chi connectivity index (χ4v) is 18.9. The highest BCUT2D eigenvalue weighted by atomic mass is 16.8. The van der Waals surface area contributed by atoms with Crippen LogP contribution in [-0.2, 0) is 194 Å². The predicted molar refractivity (Wildman–Crippen MR) is 528 cm³/mol.